The zero-order valence-corrected chi connectivity index (χ0v) is 11.8. The molecule has 0 saturated carbocycles. The van der Waals surface area contributed by atoms with E-state index >= 15 is 0 Å². The standard InChI is InChI=1S/C16H12F3NS/c17-16(18,19)15-6-2-5-14(8-15)11-21-10-13-4-1-3-12(7-13)9-20/h1-8H,10-11H2. The maximum atomic E-state index is 12.6. The summed E-state index contributed by atoms with van der Waals surface area (Å²) in [6, 6.07) is 14.7. The monoisotopic (exact) mass is 307 g/mol. The summed E-state index contributed by atoms with van der Waals surface area (Å²) in [6.07, 6.45) is -4.30. The van der Waals surface area contributed by atoms with E-state index in [9.17, 15) is 13.2 Å². The average Bonchev–Trinajstić information content (AvgIpc) is 2.47. The lowest BCUT2D eigenvalue weighted by molar-refractivity contribution is -0.137. The number of alkyl halides is 3. The zero-order chi connectivity index (χ0) is 15.3. The smallest absolute Gasteiger partial charge is 0.192 e. The molecular weight excluding hydrogens is 295 g/mol. The van der Waals surface area contributed by atoms with Crippen LogP contribution in [0.4, 0.5) is 13.2 Å². The van der Waals surface area contributed by atoms with E-state index in [0.717, 1.165) is 11.6 Å². The molecule has 5 heteroatoms. The van der Waals surface area contributed by atoms with Gasteiger partial charge in [0.05, 0.1) is 17.2 Å². The Balaban J connectivity index is 1.96. The van der Waals surface area contributed by atoms with Gasteiger partial charge in [-0.2, -0.15) is 30.2 Å². The number of halogens is 3. The Morgan fingerprint density at radius 3 is 2.19 bits per heavy atom. The van der Waals surface area contributed by atoms with E-state index < -0.39 is 11.7 Å². The van der Waals surface area contributed by atoms with E-state index in [1.54, 1.807) is 24.3 Å². The molecule has 0 atom stereocenters. The molecule has 2 rings (SSSR count). The Bertz CT molecular complexity index is 659. The molecule has 0 bridgehead atoms. The number of nitriles is 1. The highest BCUT2D eigenvalue weighted by molar-refractivity contribution is 7.97. The van der Waals surface area contributed by atoms with Gasteiger partial charge in [0, 0.05) is 11.5 Å². The quantitative estimate of drug-likeness (QED) is 0.792. The van der Waals surface area contributed by atoms with E-state index in [1.807, 2.05) is 6.07 Å². The summed E-state index contributed by atoms with van der Waals surface area (Å²) in [5.74, 6) is 1.16. The molecule has 0 fully saturated rings. The van der Waals surface area contributed by atoms with Crippen LogP contribution >= 0.6 is 11.8 Å². The topological polar surface area (TPSA) is 23.8 Å². The van der Waals surface area contributed by atoms with Gasteiger partial charge in [0.25, 0.3) is 0 Å². The number of thioether (sulfide) groups is 1. The molecule has 2 aromatic carbocycles. The van der Waals surface area contributed by atoms with Crippen LogP contribution in [0, 0.1) is 11.3 Å². The largest absolute Gasteiger partial charge is 0.416 e. The first-order chi connectivity index (χ1) is 9.99. The molecule has 0 saturated heterocycles. The van der Waals surface area contributed by atoms with E-state index in [2.05, 4.69) is 6.07 Å². The maximum Gasteiger partial charge on any atom is 0.416 e. The number of hydrogen-bond acceptors (Lipinski definition) is 2. The molecule has 0 N–H and O–H groups in total. The Morgan fingerprint density at radius 2 is 1.57 bits per heavy atom. The summed E-state index contributed by atoms with van der Waals surface area (Å²) in [4.78, 5) is 0. The molecular formula is C16H12F3NS. The van der Waals surface area contributed by atoms with E-state index in [0.29, 0.717) is 22.6 Å². The van der Waals surface area contributed by atoms with Gasteiger partial charge < -0.3 is 0 Å². The van der Waals surface area contributed by atoms with Crippen molar-refractivity contribution in [2.45, 2.75) is 17.7 Å². The molecule has 2 aromatic rings. The molecule has 0 amide bonds. The highest BCUT2D eigenvalue weighted by Crippen LogP contribution is 2.30. The molecule has 1 nitrogen and oxygen atoms in total. The second kappa shape index (κ2) is 6.68. The molecule has 0 spiro atoms. The maximum absolute atomic E-state index is 12.6. The van der Waals surface area contributed by atoms with Crippen LogP contribution in [0.1, 0.15) is 22.3 Å². The molecule has 108 valence electrons. The third-order valence-electron chi connectivity index (χ3n) is 2.85. The first-order valence-electron chi connectivity index (χ1n) is 6.22. The van der Waals surface area contributed by atoms with Gasteiger partial charge in [-0.1, -0.05) is 30.3 Å². The van der Waals surface area contributed by atoms with Gasteiger partial charge in [-0.25, -0.2) is 0 Å². The van der Waals surface area contributed by atoms with E-state index in [-0.39, 0.29) is 0 Å². The number of benzene rings is 2. The van der Waals surface area contributed by atoms with Gasteiger partial charge in [0.15, 0.2) is 0 Å². The van der Waals surface area contributed by atoms with Crippen molar-refractivity contribution in [1.29, 1.82) is 5.26 Å². The van der Waals surface area contributed by atoms with Crippen LogP contribution in [0.3, 0.4) is 0 Å². The van der Waals surface area contributed by atoms with Crippen molar-refractivity contribution >= 4 is 11.8 Å². The van der Waals surface area contributed by atoms with Crippen LogP contribution in [0.25, 0.3) is 0 Å². The third kappa shape index (κ3) is 4.54. The molecule has 21 heavy (non-hydrogen) atoms. The van der Waals surface area contributed by atoms with E-state index in [4.69, 9.17) is 5.26 Å². The van der Waals surface area contributed by atoms with Crippen molar-refractivity contribution in [3.05, 3.63) is 70.8 Å². The fraction of sp³-hybridized carbons (Fsp3) is 0.188. The number of hydrogen-bond donors (Lipinski definition) is 0. The van der Waals surface area contributed by atoms with Gasteiger partial charge in [-0.15, -0.1) is 0 Å². The third-order valence-corrected chi connectivity index (χ3v) is 3.92. The second-order valence-corrected chi connectivity index (χ2v) is 5.49. The van der Waals surface area contributed by atoms with Crippen LogP contribution in [0.2, 0.25) is 0 Å². The fourth-order valence-electron chi connectivity index (χ4n) is 1.85. The van der Waals surface area contributed by atoms with Crippen molar-refractivity contribution in [3.8, 4) is 6.07 Å². The lowest BCUT2D eigenvalue weighted by Crippen LogP contribution is -2.04. The summed E-state index contributed by atoms with van der Waals surface area (Å²) in [6.45, 7) is 0. The lowest BCUT2D eigenvalue weighted by atomic mass is 10.1. The Labute approximate surface area is 125 Å². The summed E-state index contributed by atoms with van der Waals surface area (Å²) in [7, 11) is 0. The van der Waals surface area contributed by atoms with Crippen LogP contribution in [0.15, 0.2) is 48.5 Å². The number of nitrogens with zero attached hydrogens (tertiary/aromatic N) is 1. The van der Waals surface area contributed by atoms with Gasteiger partial charge in [0.1, 0.15) is 0 Å². The average molecular weight is 307 g/mol. The summed E-state index contributed by atoms with van der Waals surface area (Å²) in [5, 5.41) is 8.81. The molecule has 0 heterocycles. The molecule has 0 aromatic heterocycles. The highest BCUT2D eigenvalue weighted by atomic mass is 32.2. The predicted octanol–water partition coefficient (Wildman–Crippen LogP) is 5.01. The second-order valence-electron chi connectivity index (χ2n) is 4.50. The molecule has 0 aliphatic heterocycles. The van der Waals surface area contributed by atoms with Crippen LogP contribution < -0.4 is 0 Å². The first-order valence-corrected chi connectivity index (χ1v) is 7.37. The van der Waals surface area contributed by atoms with Crippen LogP contribution in [0.5, 0.6) is 0 Å². The van der Waals surface area contributed by atoms with Crippen molar-refractivity contribution in [3.63, 3.8) is 0 Å². The lowest BCUT2D eigenvalue weighted by Gasteiger charge is -2.08. The number of rotatable bonds is 4. The van der Waals surface area contributed by atoms with Gasteiger partial charge >= 0.3 is 6.18 Å². The summed E-state index contributed by atoms with van der Waals surface area (Å²) in [5.41, 5.74) is 1.61. The zero-order valence-electron chi connectivity index (χ0n) is 11.0. The minimum atomic E-state index is -4.30. The first kappa shape index (κ1) is 15.5. The fourth-order valence-corrected chi connectivity index (χ4v) is 2.79. The minimum absolute atomic E-state index is 0.501. The predicted molar refractivity (Wildman–Crippen MR) is 77.6 cm³/mol. The van der Waals surface area contributed by atoms with Gasteiger partial charge in [-0.05, 0) is 29.3 Å². The van der Waals surface area contributed by atoms with E-state index in [1.165, 1.54) is 23.9 Å². The Hall–Kier alpha value is -1.93. The van der Waals surface area contributed by atoms with Crippen molar-refractivity contribution < 1.29 is 13.2 Å². The van der Waals surface area contributed by atoms with Gasteiger partial charge in [0.2, 0.25) is 0 Å². The Kier molecular flexibility index (Phi) is 4.92. The molecule has 0 aliphatic rings. The summed E-state index contributed by atoms with van der Waals surface area (Å²) >= 11 is 1.52. The van der Waals surface area contributed by atoms with Gasteiger partial charge in [-0.3, -0.25) is 0 Å². The van der Waals surface area contributed by atoms with Crippen molar-refractivity contribution in [2.24, 2.45) is 0 Å². The molecule has 0 radical (unpaired) electrons. The SMILES string of the molecule is N#Cc1cccc(CSCc2cccc(C(F)(F)F)c2)c1. The molecule has 0 unspecified atom stereocenters. The Morgan fingerprint density at radius 1 is 0.952 bits per heavy atom. The van der Waals surface area contributed by atoms with Crippen LogP contribution in [-0.4, -0.2) is 0 Å². The highest BCUT2D eigenvalue weighted by Gasteiger charge is 2.30. The van der Waals surface area contributed by atoms with Crippen LogP contribution in [-0.2, 0) is 17.7 Å². The molecule has 0 aliphatic carbocycles. The van der Waals surface area contributed by atoms with Crippen molar-refractivity contribution in [2.75, 3.05) is 0 Å². The normalized spacial score (nSPS) is 11.1. The summed E-state index contributed by atoms with van der Waals surface area (Å²) < 4.78 is 37.8. The minimum Gasteiger partial charge on any atom is -0.192 e. The van der Waals surface area contributed by atoms with Crippen molar-refractivity contribution in [1.82, 2.24) is 0 Å².